The van der Waals surface area contributed by atoms with Crippen molar-refractivity contribution in [2.24, 2.45) is 11.7 Å². The van der Waals surface area contributed by atoms with Gasteiger partial charge in [0.25, 0.3) is 0 Å². The SMILES string of the molecule is NC(=O)CN(Cc1ccccc1N)C(=O)C1CCSC1. The van der Waals surface area contributed by atoms with Crippen molar-refractivity contribution < 1.29 is 9.59 Å². The Morgan fingerprint density at radius 3 is 2.70 bits per heavy atom. The van der Waals surface area contributed by atoms with Gasteiger partial charge in [-0.25, -0.2) is 0 Å². The van der Waals surface area contributed by atoms with Crippen molar-refractivity contribution in [2.75, 3.05) is 23.8 Å². The molecule has 0 aliphatic carbocycles. The van der Waals surface area contributed by atoms with Crippen LogP contribution in [0.5, 0.6) is 0 Å². The van der Waals surface area contributed by atoms with E-state index in [0.29, 0.717) is 12.2 Å². The third-order valence-electron chi connectivity index (χ3n) is 3.35. The van der Waals surface area contributed by atoms with E-state index in [1.807, 2.05) is 18.2 Å². The number of hydrogen-bond donors (Lipinski definition) is 2. The summed E-state index contributed by atoms with van der Waals surface area (Å²) in [7, 11) is 0. The Balaban J connectivity index is 2.12. The van der Waals surface area contributed by atoms with Gasteiger partial charge >= 0.3 is 0 Å². The number of nitrogens with two attached hydrogens (primary N) is 2. The lowest BCUT2D eigenvalue weighted by Crippen LogP contribution is -2.41. The normalized spacial score (nSPS) is 17.9. The highest BCUT2D eigenvalue weighted by molar-refractivity contribution is 7.99. The molecular formula is C14H19N3O2S. The number of anilines is 1. The molecule has 108 valence electrons. The molecule has 1 aromatic rings. The molecule has 1 heterocycles. The summed E-state index contributed by atoms with van der Waals surface area (Å²) in [6.07, 6.45) is 0.864. The molecule has 6 heteroatoms. The van der Waals surface area contributed by atoms with Gasteiger partial charge in [0, 0.05) is 23.9 Å². The van der Waals surface area contributed by atoms with Crippen LogP contribution in [-0.4, -0.2) is 34.8 Å². The van der Waals surface area contributed by atoms with Gasteiger partial charge in [0.05, 0.1) is 6.54 Å². The van der Waals surface area contributed by atoms with Crippen molar-refractivity contribution >= 4 is 29.3 Å². The van der Waals surface area contributed by atoms with Crippen LogP contribution >= 0.6 is 11.8 Å². The van der Waals surface area contributed by atoms with Crippen LogP contribution in [-0.2, 0) is 16.1 Å². The molecule has 5 nitrogen and oxygen atoms in total. The van der Waals surface area contributed by atoms with Crippen molar-refractivity contribution in [3.63, 3.8) is 0 Å². The average Bonchev–Trinajstić information content (AvgIpc) is 2.93. The average molecular weight is 293 g/mol. The molecule has 0 spiro atoms. The first-order valence-corrected chi connectivity index (χ1v) is 7.71. The molecule has 1 aliphatic rings. The highest BCUT2D eigenvalue weighted by Crippen LogP contribution is 2.26. The van der Waals surface area contributed by atoms with Crippen LogP contribution in [0.1, 0.15) is 12.0 Å². The molecule has 0 saturated carbocycles. The van der Waals surface area contributed by atoms with Crippen LogP contribution in [0.2, 0.25) is 0 Å². The zero-order valence-corrected chi connectivity index (χ0v) is 12.1. The number of primary amides is 1. The van der Waals surface area contributed by atoms with E-state index in [-0.39, 0.29) is 18.4 Å². The third-order valence-corrected chi connectivity index (χ3v) is 4.52. The Morgan fingerprint density at radius 2 is 2.10 bits per heavy atom. The number of amides is 2. The number of carbonyl (C=O) groups is 2. The van der Waals surface area contributed by atoms with Gasteiger partial charge < -0.3 is 16.4 Å². The Bertz CT molecular complexity index is 501. The quantitative estimate of drug-likeness (QED) is 0.787. The largest absolute Gasteiger partial charge is 0.398 e. The molecule has 2 amide bonds. The molecule has 0 radical (unpaired) electrons. The lowest BCUT2D eigenvalue weighted by Gasteiger charge is -2.24. The van der Waals surface area contributed by atoms with Gasteiger partial charge in [-0.15, -0.1) is 0 Å². The minimum Gasteiger partial charge on any atom is -0.398 e. The fourth-order valence-electron chi connectivity index (χ4n) is 2.27. The zero-order valence-electron chi connectivity index (χ0n) is 11.2. The molecule has 1 aliphatic heterocycles. The van der Waals surface area contributed by atoms with E-state index in [4.69, 9.17) is 11.5 Å². The number of hydrogen-bond acceptors (Lipinski definition) is 4. The fraction of sp³-hybridized carbons (Fsp3) is 0.429. The molecule has 1 aromatic carbocycles. The molecular weight excluding hydrogens is 274 g/mol. The van der Waals surface area contributed by atoms with Crippen molar-refractivity contribution in [1.82, 2.24) is 4.90 Å². The summed E-state index contributed by atoms with van der Waals surface area (Å²) < 4.78 is 0. The molecule has 1 fully saturated rings. The third kappa shape index (κ3) is 3.66. The maximum Gasteiger partial charge on any atom is 0.237 e. The molecule has 4 N–H and O–H groups in total. The minimum atomic E-state index is -0.501. The number of carbonyl (C=O) groups excluding carboxylic acids is 2. The summed E-state index contributed by atoms with van der Waals surface area (Å²) in [5.41, 5.74) is 12.6. The van der Waals surface area contributed by atoms with Crippen LogP contribution < -0.4 is 11.5 Å². The van der Waals surface area contributed by atoms with E-state index >= 15 is 0 Å². The van der Waals surface area contributed by atoms with Gasteiger partial charge in [0.15, 0.2) is 0 Å². The van der Waals surface area contributed by atoms with Crippen molar-refractivity contribution in [3.05, 3.63) is 29.8 Å². The van der Waals surface area contributed by atoms with E-state index in [1.54, 1.807) is 17.8 Å². The summed E-state index contributed by atoms with van der Waals surface area (Å²) in [4.78, 5) is 25.2. The van der Waals surface area contributed by atoms with Gasteiger partial charge in [-0.2, -0.15) is 11.8 Å². The van der Waals surface area contributed by atoms with Gasteiger partial charge in [0.1, 0.15) is 0 Å². The molecule has 2 rings (SSSR count). The minimum absolute atomic E-state index is 0.00273. The predicted octanol–water partition coefficient (Wildman–Crippen LogP) is 0.836. The fourth-order valence-corrected chi connectivity index (χ4v) is 3.48. The van der Waals surface area contributed by atoms with E-state index in [9.17, 15) is 9.59 Å². The number of benzene rings is 1. The maximum atomic E-state index is 12.5. The van der Waals surface area contributed by atoms with Crippen molar-refractivity contribution in [2.45, 2.75) is 13.0 Å². The summed E-state index contributed by atoms with van der Waals surface area (Å²) in [6.45, 7) is 0.268. The molecule has 0 aromatic heterocycles. The number of thioether (sulfide) groups is 1. The van der Waals surface area contributed by atoms with E-state index < -0.39 is 5.91 Å². The summed E-state index contributed by atoms with van der Waals surface area (Å²) in [5, 5.41) is 0. The highest BCUT2D eigenvalue weighted by atomic mass is 32.2. The standard InChI is InChI=1S/C14H19N3O2S/c15-12-4-2-1-3-10(12)7-17(8-13(16)18)14(19)11-5-6-20-9-11/h1-4,11H,5-9,15H2,(H2,16,18). The molecule has 20 heavy (non-hydrogen) atoms. The predicted molar refractivity (Wildman–Crippen MR) is 80.9 cm³/mol. The van der Waals surface area contributed by atoms with Gasteiger partial charge in [-0.3, -0.25) is 9.59 Å². The lowest BCUT2D eigenvalue weighted by molar-refractivity contribution is -0.138. The second kappa shape index (κ2) is 6.65. The van der Waals surface area contributed by atoms with E-state index in [0.717, 1.165) is 23.5 Å². The topological polar surface area (TPSA) is 89.4 Å². The van der Waals surface area contributed by atoms with Crippen LogP contribution in [0.4, 0.5) is 5.69 Å². The lowest BCUT2D eigenvalue weighted by atomic mass is 10.1. The Morgan fingerprint density at radius 1 is 1.35 bits per heavy atom. The van der Waals surface area contributed by atoms with E-state index in [1.165, 1.54) is 4.90 Å². The van der Waals surface area contributed by atoms with Crippen LogP contribution in [0, 0.1) is 5.92 Å². The Labute approximate surface area is 122 Å². The zero-order chi connectivity index (χ0) is 14.5. The first-order chi connectivity index (χ1) is 9.58. The smallest absolute Gasteiger partial charge is 0.237 e. The van der Waals surface area contributed by atoms with Crippen molar-refractivity contribution in [1.29, 1.82) is 0 Å². The second-order valence-electron chi connectivity index (χ2n) is 4.92. The van der Waals surface area contributed by atoms with Gasteiger partial charge in [-0.1, -0.05) is 18.2 Å². The Kier molecular flexibility index (Phi) is 4.89. The second-order valence-corrected chi connectivity index (χ2v) is 6.07. The Hall–Kier alpha value is -1.69. The first-order valence-electron chi connectivity index (χ1n) is 6.56. The highest BCUT2D eigenvalue weighted by Gasteiger charge is 2.28. The molecule has 1 unspecified atom stereocenters. The first kappa shape index (κ1) is 14.7. The monoisotopic (exact) mass is 293 g/mol. The van der Waals surface area contributed by atoms with E-state index in [2.05, 4.69) is 0 Å². The van der Waals surface area contributed by atoms with Gasteiger partial charge in [0.2, 0.25) is 11.8 Å². The number of para-hydroxylation sites is 1. The van der Waals surface area contributed by atoms with Crippen LogP contribution in [0.15, 0.2) is 24.3 Å². The number of nitrogens with zero attached hydrogens (tertiary/aromatic N) is 1. The summed E-state index contributed by atoms with van der Waals surface area (Å²) in [5.74, 6) is 1.30. The summed E-state index contributed by atoms with van der Waals surface area (Å²) >= 11 is 1.77. The van der Waals surface area contributed by atoms with Crippen LogP contribution in [0.3, 0.4) is 0 Å². The maximum absolute atomic E-state index is 12.5. The number of rotatable bonds is 5. The molecule has 1 saturated heterocycles. The van der Waals surface area contributed by atoms with Gasteiger partial charge in [-0.05, 0) is 23.8 Å². The van der Waals surface area contributed by atoms with Crippen molar-refractivity contribution in [3.8, 4) is 0 Å². The molecule has 0 bridgehead atoms. The molecule has 1 atom stereocenters. The van der Waals surface area contributed by atoms with Crippen LogP contribution in [0.25, 0.3) is 0 Å². The number of nitrogen functional groups attached to an aromatic ring is 1. The summed E-state index contributed by atoms with van der Waals surface area (Å²) in [6, 6.07) is 7.35.